The molecular weight excluding hydrogens is 466 g/mol. The molecule has 1 saturated carbocycles. The van der Waals surface area contributed by atoms with Gasteiger partial charge < -0.3 is 14.6 Å². The lowest BCUT2D eigenvalue weighted by Gasteiger charge is -2.31. The van der Waals surface area contributed by atoms with Crippen LogP contribution in [0.25, 0.3) is 0 Å². The van der Waals surface area contributed by atoms with E-state index in [4.69, 9.17) is 16.0 Å². The van der Waals surface area contributed by atoms with Crippen molar-refractivity contribution in [3.63, 3.8) is 0 Å². The van der Waals surface area contributed by atoms with Gasteiger partial charge in [-0.3, -0.25) is 9.59 Å². The maximum absolute atomic E-state index is 13.2. The second-order valence-corrected chi connectivity index (χ2v) is 10.4. The number of hydrogen-bond acceptors (Lipinski definition) is 5. The van der Waals surface area contributed by atoms with Crippen LogP contribution in [0, 0.1) is 0 Å². The molecule has 1 aromatic carbocycles. The zero-order valence-electron chi connectivity index (χ0n) is 18.6. The summed E-state index contributed by atoms with van der Waals surface area (Å²) in [6, 6.07) is 8.46. The lowest BCUT2D eigenvalue weighted by molar-refractivity contribution is -0.141. The van der Waals surface area contributed by atoms with Crippen molar-refractivity contribution in [1.82, 2.24) is 14.9 Å². The van der Waals surface area contributed by atoms with Gasteiger partial charge in [-0.05, 0) is 55.7 Å². The second-order valence-electron chi connectivity index (χ2n) is 8.17. The molecule has 0 aliphatic heterocycles. The van der Waals surface area contributed by atoms with E-state index in [-0.39, 0.29) is 23.4 Å². The third-order valence-corrected chi connectivity index (χ3v) is 7.38. The van der Waals surface area contributed by atoms with Gasteiger partial charge in [0.15, 0.2) is 0 Å². The zero-order chi connectivity index (χ0) is 23.8. The molecule has 10 heteroatoms. The molecule has 1 aliphatic rings. The Morgan fingerprint density at radius 3 is 2.48 bits per heavy atom. The fourth-order valence-electron chi connectivity index (χ4n) is 3.97. The Labute approximate surface area is 199 Å². The summed E-state index contributed by atoms with van der Waals surface area (Å²) in [5, 5.41) is 3.48. The Hall–Kier alpha value is -2.36. The Balaban J connectivity index is 1.76. The number of carbonyl (C=O) groups excluding carboxylic acids is 2. The number of furan rings is 1. The van der Waals surface area contributed by atoms with Crippen LogP contribution in [0.1, 0.15) is 51.2 Å². The van der Waals surface area contributed by atoms with E-state index in [1.54, 1.807) is 12.1 Å². The summed E-state index contributed by atoms with van der Waals surface area (Å²) in [5.41, 5.74) is 0. The topological polar surface area (TPSA) is 109 Å². The van der Waals surface area contributed by atoms with Crippen LogP contribution in [0.5, 0.6) is 0 Å². The first-order chi connectivity index (χ1) is 15.8. The third kappa shape index (κ3) is 7.06. The first kappa shape index (κ1) is 25.3. The Morgan fingerprint density at radius 1 is 1.18 bits per heavy atom. The van der Waals surface area contributed by atoms with E-state index < -0.39 is 28.5 Å². The molecule has 8 nitrogen and oxygen atoms in total. The summed E-state index contributed by atoms with van der Waals surface area (Å²) in [6.07, 6.45) is 6.63. The average Bonchev–Trinajstić information content (AvgIpc) is 3.49. The van der Waals surface area contributed by atoms with E-state index in [0.29, 0.717) is 23.6 Å². The highest BCUT2D eigenvalue weighted by Gasteiger charge is 2.32. The largest absolute Gasteiger partial charge is 0.467 e. The van der Waals surface area contributed by atoms with Crippen LogP contribution in [0.4, 0.5) is 0 Å². The van der Waals surface area contributed by atoms with Crippen molar-refractivity contribution in [2.45, 2.75) is 69.0 Å². The molecule has 2 aromatic rings. The van der Waals surface area contributed by atoms with E-state index in [1.807, 2.05) is 6.92 Å². The van der Waals surface area contributed by atoms with Crippen LogP contribution in [-0.4, -0.2) is 43.8 Å². The molecule has 0 saturated heterocycles. The Bertz CT molecular complexity index is 1020. The predicted octanol–water partition coefficient (Wildman–Crippen LogP) is 3.47. The Morgan fingerprint density at radius 2 is 1.88 bits per heavy atom. The fourth-order valence-corrected chi connectivity index (χ4v) is 5.07. The van der Waals surface area contributed by atoms with E-state index in [2.05, 4.69) is 10.0 Å². The van der Waals surface area contributed by atoms with Crippen molar-refractivity contribution >= 4 is 33.4 Å². The highest BCUT2D eigenvalue weighted by Crippen LogP contribution is 2.20. The van der Waals surface area contributed by atoms with Gasteiger partial charge in [0.25, 0.3) is 0 Å². The average molecular weight is 496 g/mol. The number of halogens is 1. The number of carbonyl (C=O) groups is 2. The second kappa shape index (κ2) is 11.7. The van der Waals surface area contributed by atoms with Crippen molar-refractivity contribution < 1.29 is 22.4 Å². The quantitative estimate of drug-likeness (QED) is 0.496. The summed E-state index contributed by atoms with van der Waals surface area (Å²) in [4.78, 5) is 27.7. The molecule has 1 aliphatic carbocycles. The summed E-state index contributed by atoms with van der Waals surface area (Å²) in [6.45, 7) is 1.52. The molecule has 1 atom stereocenters. The highest BCUT2D eigenvalue weighted by atomic mass is 35.5. The number of hydrogen-bond donors (Lipinski definition) is 2. The molecule has 2 amide bonds. The molecule has 1 fully saturated rings. The minimum Gasteiger partial charge on any atom is -0.467 e. The monoisotopic (exact) mass is 495 g/mol. The van der Waals surface area contributed by atoms with Gasteiger partial charge in [0, 0.05) is 11.1 Å². The number of benzene rings is 1. The van der Waals surface area contributed by atoms with Gasteiger partial charge in [-0.1, -0.05) is 37.8 Å². The lowest BCUT2D eigenvalue weighted by Crippen LogP contribution is -2.53. The fraction of sp³-hybridized carbons (Fsp3) is 0.478. The molecule has 180 valence electrons. The molecule has 0 spiro atoms. The van der Waals surface area contributed by atoms with Crippen molar-refractivity contribution in [3.05, 3.63) is 53.4 Å². The summed E-state index contributed by atoms with van der Waals surface area (Å²) in [5.74, 6) is -0.216. The molecule has 3 rings (SSSR count). The van der Waals surface area contributed by atoms with Gasteiger partial charge >= 0.3 is 0 Å². The molecule has 0 bridgehead atoms. The van der Waals surface area contributed by atoms with Gasteiger partial charge in [0.1, 0.15) is 11.8 Å². The summed E-state index contributed by atoms with van der Waals surface area (Å²) < 4.78 is 33.0. The van der Waals surface area contributed by atoms with Gasteiger partial charge in [0.05, 0.1) is 24.2 Å². The number of nitrogens with one attached hydrogen (secondary N) is 2. The smallest absolute Gasteiger partial charge is 0.243 e. The molecule has 1 aromatic heterocycles. The van der Waals surface area contributed by atoms with E-state index in [0.717, 1.165) is 25.7 Å². The first-order valence-electron chi connectivity index (χ1n) is 11.2. The molecule has 0 unspecified atom stereocenters. The normalized spacial score (nSPS) is 15.3. The Kier molecular flexibility index (Phi) is 8.94. The van der Waals surface area contributed by atoms with Crippen LogP contribution in [-0.2, 0) is 26.2 Å². The van der Waals surface area contributed by atoms with Crippen LogP contribution in [0.2, 0.25) is 5.02 Å². The van der Waals surface area contributed by atoms with Crippen LogP contribution >= 0.6 is 11.6 Å². The van der Waals surface area contributed by atoms with Crippen molar-refractivity contribution in [2.24, 2.45) is 0 Å². The van der Waals surface area contributed by atoms with Gasteiger partial charge in [-0.25, -0.2) is 13.1 Å². The lowest BCUT2D eigenvalue weighted by atomic mass is 10.1. The molecular formula is C23H30ClN3O5S. The molecule has 0 radical (unpaired) electrons. The summed E-state index contributed by atoms with van der Waals surface area (Å²) >= 11 is 5.83. The van der Waals surface area contributed by atoms with E-state index in [1.165, 1.54) is 35.4 Å². The third-order valence-electron chi connectivity index (χ3n) is 5.71. The van der Waals surface area contributed by atoms with Crippen molar-refractivity contribution in [2.75, 3.05) is 6.54 Å². The number of nitrogens with zero attached hydrogens (tertiary/aromatic N) is 1. The standard InChI is InChI=1S/C23H30ClN3O5S/c1-2-6-21(23(29)26-18-7-3-4-8-18)27(16-19-9-5-14-32-19)22(28)15-25-33(30,31)20-12-10-17(24)11-13-20/h5,9-14,18,21,25H,2-4,6-8,15-16H2,1H3,(H,26,29)/t21-/m0/s1. The maximum atomic E-state index is 13.2. The number of sulfonamides is 1. The van der Waals surface area contributed by atoms with Gasteiger partial charge in [-0.15, -0.1) is 0 Å². The first-order valence-corrected chi connectivity index (χ1v) is 13.0. The zero-order valence-corrected chi connectivity index (χ0v) is 20.2. The van der Waals surface area contributed by atoms with E-state index >= 15 is 0 Å². The number of rotatable bonds is 11. The van der Waals surface area contributed by atoms with Crippen LogP contribution in [0.15, 0.2) is 52.0 Å². The minimum absolute atomic E-state index is 0.00127. The van der Waals surface area contributed by atoms with Crippen molar-refractivity contribution in [1.29, 1.82) is 0 Å². The SMILES string of the molecule is CCC[C@@H](C(=O)NC1CCCC1)N(Cc1ccco1)C(=O)CNS(=O)(=O)c1ccc(Cl)cc1. The minimum atomic E-state index is -3.92. The molecule has 33 heavy (non-hydrogen) atoms. The molecule has 1 heterocycles. The summed E-state index contributed by atoms with van der Waals surface area (Å²) in [7, 11) is -3.92. The maximum Gasteiger partial charge on any atom is 0.243 e. The van der Waals surface area contributed by atoms with E-state index in [9.17, 15) is 18.0 Å². The van der Waals surface area contributed by atoms with Crippen molar-refractivity contribution in [3.8, 4) is 0 Å². The molecule has 2 N–H and O–H groups in total. The number of amides is 2. The highest BCUT2D eigenvalue weighted by molar-refractivity contribution is 7.89. The predicted molar refractivity (Wildman–Crippen MR) is 125 cm³/mol. The van der Waals surface area contributed by atoms with Gasteiger partial charge in [0.2, 0.25) is 21.8 Å². The van der Waals surface area contributed by atoms with Gasteiger partial charge in [-0.2, -0.15) is 0 Å². The van der Waals surface area contributed by atoms with Crippen LogP contribution < -0.4 is 10.0 Å². The van der Waals surface area contributed by atoms with Crippen LogP contribution in [0.3, 0.4) is 0 Å².